The number of rotatable bonds is 3. The minimum Gasteiger partial charge on any atom is -0.455 e. The number of nitrogens with zero attached hydrogens (tertiary/aromatic N) is 3. The minimum atomic E-state index is 0.771. The van der Waals surface area contributed by atoms with Crippen molar-refractivity contribution in [1.82, 2.24) is 14.5 Å². The van der Waals surface area contributed by atoms with Crippen LogP contribution in [0.3, 0.4) is 0 Å². The normalized spacial score (nSPS) is 11.9. The van der Waals surface area contributed by atoms with Gasteiger partial charge < -0.3 is 4.42 Å². The Morgan fingerprint density at radius 3 is 2.09 bits per heavy atom. The molecule has 0 saturated carbocycles. The van der Waals surface area contributed by atoms with Crippen molar-refractivity contribution in [3.63, 3.8) is 0 Å². The van der Waals surface area contributed by atoms with Crippen molar-refractivity contribution in [2.75, 3.05) is 0 Å². The maximum Gasteiger partial charge on any atom is 0.165 e. The van der Waals surface area contributed by atoms with Crippen LogP contribution in [0.4, 0.5) is 0 Å². The molecule has 10 rings (SSSR count). The summed E-state index contributed by atoms with van der Waals surface area (Å²) in [5.74, 6) is 0.771. The van der Waals surface area contributed by atoms with E-state index in [-0.39, 0.29) is 0 Å². The molecule has 0 unspecified atom stereocenters. The number of para-hydroxylation sites is 3. The molecule has 0 radical (unpaired) electrons. The van der Waals surface area contributed by atoms with Crippen molar-refractivity contribution in [2.24, 2.45) is 0 Å². The maximum atomic E-state index is 6.55. The zero-order valence-electron chi connectivity index (χ0n) is 24.7. The number of hydrogen-bond donors (Lipinski definition) is 0. The monoisotopic (exact) mass is 587 g/mol. The Morgan fingerprint density at radius 1 is 0.457 bits per heavy atom. The van der Waals surface area contributed by atoms with Gasteiger partial charge in [0, 0.05) is 27.1 Å². The zero-order valence-corrected chi connectivity index (χ0v) is 24.7. The number of benzene rings is 7. The number of aromatic nitrogens is 3. The highest BCUT2D eigenvalue weighted by atomic mass is 16.3. The lowest BCUT2D eigenvalue weighted by Gasteiger charge is -2.15. The summed E-state index contributed by atoms with van der Waals surface area (Å²) in [6, 6.07) is 53.0. The fourth-order valence-electron chi connectivity index (χ4n) is 7.01. The largest absolute Gasteiger partial charge is 0.455 e. The van der Waals surface area contributed by atoms with Gasteiger partial charge in [-0.1, -0.05) is 109 Å². The molecule has 46 heavy (non-hydrogen) atoms. The average molecular weight is 588 g/mol. The Kier molecular flexibility index (Phi) is 5.25. The summed E-state index contributed by atoms with van der Waals surface area (Å²) in [5, 5.41) is 6.90. The molecular formula is C42H25N3O. The topological polar surface area (TPSA) is 43.9 Å². The Balaban J connectivity index is 1.35. The number of fused-ring (bicyclic) bond motifs is 8. The fourth-order valence-corrected chi connectivity index (χ4v) is 7.01. The molecule has 0 saturated heterocycles. The van der Waals surface area contributed by atoms with Crippen LogP contribution in [-0.2, 0) is 0 Å². The second kappa shape index (κ2) is 9.62. The highest BCUT2D eigenvalue weighted by molar-refractivity contribution is 6.15. The molecule has 0 aliphatic rings. The summed E-state index contributed by atoms with van der Waals surface area (Å²) in [5.41, 5.74) is 9.45. The molecule has 4 heteroatoms. The SMILES string of the molecule is c1ccc(-c2ccc3nc(-c4cccc5c4oc4ccccc45)c(-n4c5ccccc5c5cc6ccccc6cc54)nc3c2)cc1. The van der Waals surface area contributed by atoms with E-state index in [0.29, 0.717) is 0 Å². The third kappa shape index (κ3) is 3.67. The summed E-state index contributed by atoms with van der Waals surface area (Å²) >= 11 is 0. The Hall–Kier alpha value is -6.26. The summed E-state index contributed by atoms with van der Waals surface area (Å²) < 4.78 is 8.84. The van der Waals surface area contributed by atoms with Gasteiger partial charge in [-0.3, -0.25) is 4.57 Å². The van der Waals surface area contributed by atoms with Crippen molar-refractivity contribution in [3.05, 3.63) is 152 Å². The lowest BCUT2D eigenvalue weighted by atomic mass is 10.0. The fraction of sp³-hybridized carbons (Fsp3) is 0. The molecule has 0 aliphatic carbocycles. The van der Waals surface area contributed by atoms with Crippen LogP contribution >= 0.6 is 0 Å². The Morgan fingerprint density at radius 2 is 1.20 bits per heavy atom. The molecule has 3 aromatic heterocycles. The molecule has 0 atom stereocenters. The first-order valence-electron chi connectivity index (χ1n) is 15.5. The van der Waals surface area contributed by atoms with Crippen LogP contribution in [0.5, 0.6) is 0 Å². The summed E-state index contributed by atoms with van der Waals surface area (Å²) in [6.07, 6.45) is 0. The van der Waals surface area contributed by atoms with E-state index in [2.05, 4.69) is 138 Å². The summed E-state index contributed by atoms with van der Waals surface area (Å²) in [6.45, 7) is 0. The van der Waals surface area contributed by atoms with Gasteiger partial charge in [0.2, 0.25) is 0 Å². The predicted octanol–water partition coefficient (Wildman–Crippen LogP) is 11.1. The van der Waals surface area contributed by atoms with E-state index in [1.807, 2.05) is 18.2 Å². The minimum absolute atomic E-state index is 0.771. The molecule has 3 heterocycles. The van der Waals surface area contributed by atoms with Crippen molar-refractivity contribution >= 4 is 65.6 Å². The van der Waals surface area contributed by atoms with Gasteiger partial charge in [-0.25, -0.2) is 9.97 Å². The van der Waals surface area contributed by atoms with E-state index in [1.54, 1.807) is 0 Å². The second-order valence-electron chi connectivity index (χ2n) is 11.8. The third-order valence-corrected chi connectivity index (χ3v) is 9.16. The van der Waals surface area contributed by atoms with Gasteiger partial charge in [-0.15, -0.1) is 0 Å². The molecule has 10 aromatic rings. The Bertz CT molecular complexity index is 2810. The summed E-state index contributed by atoms with van der Waals surface area (Å²) in [7, 11) is 0. The third-order valence-electron chi connectivity index (χ3n) is 9.16. The molecule has 7 aromatic carbocycles. The van der Waals surface area contributed by atoms with Gasteiger partial charge in [-0.2, -0.15) is 0 Å². The first-order valence-corrected chi connectivity index (χ1v) is 15.5. The number of furan rings is 1. The van der Waals surface area contributed by atoms with Crippen molar-refractivity contribution in [3.8, 4) is 28.2 Å². The molecule has 0 fully saturated rings. The average Bonchev–Trinajstić information content (AvgIpc) is 3.66. The molecule has 0 spiro atoms. The molecule has 0 bridgehead atoms. The zero-order chi connectivity index (χ0) is 30.2. The van der Waals surface area contributed by atoms with Crippen molar-refractivity contribution < 1.29 is 4.42 Å². The summed E-state index contributed by atoms with van der Waals surface area (Å²) in [4.78, 5) is 10.9. The van der Waals surface area contributed by atoms with Crippen LogP contribution < -0.4 is 0 Å². The van der Waals surface area contributed by atoms with Crippen molar-refractivity contribution in [2.45, 2.75) is 0 Å². The predicted molar refractivity (Wildman–Crippen MR) is 190 cm³/mol. The van der Waals surface area contributed by atoms with E-state index in [0.717, 1.165) is 72.2 Å². The standard InChI is InChI=1S/C42H25N3O/c1-2-11-26(12-3-1)29-21-22-35-36(24-29)44-42(40(43-35)33-18-10-17-32-31-16-7-9-20-39(31)46-41(32)33)45-37-19-8-6-15-30(37)34-23-27-13-4-5-14-28(27)25-38(34)45/h1-25H. The highest BCUT2D eigenvalue weighted by Crippen LogP contribution is 2.41. The second-order valence-corrected chi connectivity index (χ2v) is 11.8. The van der Waals surface area contributed by atoms with Crippen molar-refractivity contribution in [1.29, 1.82) is 0 Å². The van der Waals surface area contributed by atoms with E-state index >= 15 is 0 Å². The molecule has 0 amide bonds. The van der Waals surface area contributed by atoms with E-state index in [1.165, 1.54) is 21.5 Å². The van der Waals surface area contributed by atoms with E-state index in [4.69, 9.17) is 14.4 Å². The van der Waals surface area contributed by atoms with Crippen LogP contribution in [0, 0.1) is 0 Å². The molecule has 214 valence electrons. The van der Waals surface area contributed by atoms with Crippen LogP contribution in [0.15, 0.2) is 156 Å². The molecule has 0 aliphatic heterocycles. The molecule has 4 nitrogen and oxygen atoms in total. The smallest absolute Gasteiger partial charge is 0.165 e. The van der Waals surface area contributed by atoms with Gasteiger partial charge in [-0.05, 0) is 64.4 Å². The quantitative estimate of drug-likeness (QED) is 0.207. The van der Waals surface area contributed by atoms with Crippen LogP contribution in [0.25, 0.3) is 93.8 Å². The number of hydrogen-bond acceptors (Lipinski definition) is 3. The molecular weight excluding hydrogens is 562 g/mol. The first-order chi connectivity index (χ1) is 22.8. The first kappa shape index (κ1) is 25.1. The van der Waals surface area contributed by atoms with Gasteiger partial charge >= 0.3 is 0 Å². The van der Waals surface area contributed by atoms with E-state index < -0.39 is 0 Å². The van der Waals surface area contributed by atoms with Gasteiger partial charge in [0.25, 0.3) is 0 Å². The van der Waals surface area contributed by atoms with Crippen LogP contribution in [0.2, 0.25) is 0 Å². The van der Waals surface area contributed by atoms with Crippen LogP contribution in [-0.4, -0.2) is 14.5 Å². The maximum absolute atomic E-state index is 6.55. The molecule has 0 N–H and O–H groups in total. The van der Waals surface area contributed by atoms with Gasteiger partial charge in [0.05, 0.1) is 22.1 Å². The van der Waals surface area contributed by atoms with Gasteiger partial charge in [0.15, 0.2) is 5.82 Å². The lowest BCUT2D eigenvalue weighted by Crippen LogP contribution is -2.04. The van der Waals surface area contributed by atoms with Crippen LogP contribution in [0.1, 0.15) is 0 Å². The lowest BCUT2D eigenvalue weighted by molar-refractivity contribution is 0.669. The van der Waals surface area contributed by atoms with Gasteiger partial charge in [0.1, 0.15) is 16.9 Å². The Labute approximate surface area is 263 Å². The highest BCUT2D eigenvalue weighted by Gasteiger charge is 2.22. The van der Waals surface area contributed by atoms with E-state index in [9.17, 15) is 0 Å².